The highest BCUT2D eigenvalue weighted by Gasteiger charge is 2.37. The van der Waals surface area contributed by atoms with Gasteiger partial charge in [-0.3, -0.25) is 14.9 Å². The molecule has 4 nitrogen and oxygen atoms in total. The summed E-state index contributed by atoms with van der Waals surface area (Å²) in [5.41, 5.74) is 1.10. The molecule has 0 bridgehead atoms. The minimum Gasteiger partial charge on any atom is -0.292 e. The van der Waals surface area contributed by atoms with E-state index in [0.717, 1.165) is 12.0 Å². The maximum Gasteiger partial charge on any atom is 0.270 e. The van der Waals surface area contributed by atoms with Crippen molar-refractivity contribution in [3.63, 3.8) is 0 Å². The third kappa shape index (κ3) is 2.10. The van der Waals surface area contributed by atoms with Crippen molar-refractivity contribution < 1.29 is 9.72 Å². The summed E-state index contributed by atoms with van der Waals surface area (Å²) in [5.74, 6) is -0.0773. The molecule has 0 amide bonds. The number of Topliss-reactive ketones (excluding diaryl/α,β-unsaturated/α-hetero) is 1. The molecule has 84 valence electrons. The van der Waals surface area contributed by atoms with Crippen molar-refractivity contribution in [2.24, 2.45) is 0 Å². The molecule has 1 aliphatic rings. The number of nitro groups is 1. The van der Waals surface area contributed by atoms with E-state index in [1.54, 1.807) is 0 Å². The Morgan fingerprint density at radius 1 is 1.25 bits per heavy atom. The van der Waals surface area contributed by atoms with Gasteiger partial charge in [0.25, 0.3) is 6.04 Å². The van der Waals surface area contributed by atoms with Gasteiger partial charge in [0.15, 0.2) is 0 Å². The molecular formula is C12H13NO3. The summed E-state index contributed by atoms with van der Waals surface area (Å²) in [5, 5.41) is 10.7. The van der Waals surface area contributed by atoms with Crippen LogP contribution < -0.4 is 0 Å². The normalized spacial score (nSPS) is 25.4. The van der Waals surface area contributed by atoms with Crippen molar-refractivity contribution in [3.8, 4) is 0 Å². The predicted octanol–water partition coefficient (Wildman–Crippen LogP) is 2.17. The quantitative estimate of drug-likeness (QED) is 0.565. The van der Waals surface area contributed by atoms with E-state index in [-0.39, 0.29) is 11.7 Å². The van der Waals surface area contributed by atoms with Gasteiger partial charge in [-0.25, -0.2) is 0 Å². The molecule has 2 atom stereocenters. The lowest BCUT2D eigenvalue weighted by Gasteiger charge is -2.23. The molecule has 1 saturated carbocycles. The predicted molar refractivity (Wildman–Crippen MR) is 58.8 cm³/mol. The van der Waals surface area contributed by atoms with Gasteiger partial charge in [0.1, 0.15) is 0 Å². The lowest BCUT2D eigenvalue weighted by molar-refractivity contribution is -0.510. The number of rotatable bonds is 2. The van der Waals surface area contributed by atoms with E-state index in [2.05, 4.69) is 0 Å². The van der Waals surface area contributed by atoms with Gasteiger partial charge >= 0.3 is 0 Å². The van der Waals surface area contributed by atoms with Gasteiger partial charge in [0.2, 0.25) is 5.78 Å². The highest BCUT2D eigenvalue weighted by Crippen LogP contribution is 2.32. The number of ketones is 1. The van der Waals surface area contributed by atoms with E-state index in [0.29, 0.717) is 12.8 Å². The number of hydrogen-bond donors (Lipinski definition) is 0. The van der Waals surface area contributed by atoms with Crippen LogP contribution in [0.5, 0.6) is 0 Å². The molecule has 1 aromatic carbocycles. The summed E-state index contributed by atoms with van der Waals surface area (Å²) in [4.78, 5) is 21.7. The van der Waals surface area contributed by atoms with Crippen LogP contribution in [0.15, 0.2) is 30.3 Å². The van der Waals surface area contributed by atoms with Crippen molar-refractivity contribution in [2.75, 3.05) is 0 Å². The Balaban J connectivity index is 2.15. The molecule has 2 rings (SSSR count). The summed E-state index contributed by atoms with van der Waals surface area (Å²) in [6.45, 7) is 0. The Bertz CT molecular complexity index is 402. The van der Waals surface area contributed by atoms with E-state index in [1.807, 2.05) is 30.3 Å². The molecule has 4 heteroatoms. The Morgan fingerprint density at radius 3 is 2.56 bits per heavy atom. The molecule has 16 heavy (non-hydrogen) atoms. The monoisotopic (exact) mass is 219 g/mol. The topological polar surface area (TPSA) is 60.2 Å². The first-order chi connectivity index (χ1) is 7.68. The average molecular weight is 219 g/mol. The van der Waals surface area contributed by atoms with Gasteiger partial charge in [-0.05, 0) is 17.9 Å². The zero-order valence-corrected chi connectivity index (χ0v) is 8.83. The van der Waals surface area contributed by atoms with E-state index in [9.17, 15) is 14.9 Å². The lowest BCUT2D eigenvalue weighted by atomic mass is 9.81. The molecule has 0 saturated heterocycles. The van der Waals surface area contributed by atoms with Gasteiger partial charge in [-0.15, -0.1) is 0 Å². The average Bonchev–Trinajstić information content (AvgIpc) is 2.30. The number of carbonyl (C=O) groups is 1. The van der Waals surface area contributed by atoms with Gasteiger partial charge < -0.3 is 0 Å². The van der Waals surface area contributed by atoms with Crippen LogP contribution in [0.4, 0.5) is 0 Å². The number of carbonyl (C=O) groups excluding carboxylic acids is 1. The van der Waals surface area contributed by atoms with Crippen LogP contribution in [0.1, 0.15) is 30.7 Å². The second-order valence-corrected chi connectivity index (χ2v) is 4.15. The minimum atomic E-state index is -1.00. The van der Waals surface area contributed by atoms with Crippen molar-refractivity contribution >= 4 is 5.78 Å². The second kappa shape index (κ2) is 4.43. The second-order valence-electron chi connectivity index (χ2n) is 4.15. The zero-order chi connectivity index (χ0) is 11.5. The third-order valence-corrected chi connectivity index (χ3v) is 3.14. The van der Waals surface area contributed by atoms with Crippen LogP contribution in [0, 0.1) is 10.1 Å². The Kier molecular flexibility index (Phi) is 2.99. The molecule has 0 N–H and O–H groups in total. The highest BCUT2D eigenvalue weighted by atomic mass is 16.6. The fraction of sp³-hybridized carbons (Fsp3) is 0.417. The van der Waals surface area contributed by atoms with Crippen LogP contribution in [-0.2, 0) is 4.79 Å². The first-order valence-electron chi connectivity index (χ1n) is 5.39. The number of benzene rings is 1. The third-order valence-electron chi connectivity index (χ3n) is 3.14. The summed E-state index contributed by atoms with van der Waals surface area (Å²) in [6.07, 6.45) is 1.40. The molecule has 2 unspecified atom stereocenters. The van der Waals surface area contributed by atoms with Gasteiger partial charge in [0.05, 0.1) is 0 Å². The molecule has 0 heterocycles. The molecule has 0 radical (unpaired) electrons. The van der Waals surface area contributed by atoms with Crippen molar-refractivity contribution in [1.82, 2.24) is 0 Å². The van der Waals surface area contributed by atoms with E-state index in [4.69, 9.17) is 0 Å². The fourth-order valence-electron chi connectivity index (χ4n) is 2.23. The number of hydrogen-bond acceptors (Lipinski definition) is 3. The van der Waals surface area contributed by atoms with Crippen LogP contribution in [0.2, 0.25) is 0 Å². The Labute approximate surface area is 93.4 Å². The van der Waals surface area contributed by atoms with Gasteiger partial charge in [-0.1, -0.05) is 30.3 Å². The first kappa shape index (κ1) is 10.8. The Hall–Kier alpha value is -1.71. The zero-order valence-electron chi connectivity index (χ0n) is 8.83. The molecular weight excluding hydrogens is 206 g/mol. The first-order valence-corrected chi connectivity index (χ1v) is 5.39. The minimum absolute atomic E-state index is 0.147. The van der Waals surface area contributed by atoms with Crippen molar-refractivity contribution in [2.45, 2.75) is 31.2 Å². The molecule has 1 fully saturated rings. The molecule has 0 aromatic heterocycles. The van der Waals surface area contributed by atoms with Gasteiger partial charge in [0, 0.05) is 17.8 Å². The molecule has 1 aromatic rings. The smallest absolute Gasteiger partial charge is 0.270 e. The van der Waals surface area contributed by atoms with Gasteiger partial charge in [-0.2, -0.15) is 0 Å². The van der Waals surface area contributed by atoms with Crippen molar-refractivity contribution in [3.05, 3.63) is 46.0 Å². The lowest BCUT2D eigenvalue weighted by Crippen LogP contribution is -2.35. The van der Waals surface area contributed by atoms with Crippen LogP contribution in [0.3, 0.4) is 0 Å². The number of nitrogens with zero attached hydrogens (tertiary/aromatic N) is 1. The van der Waals surface area contributed by atoms with Crippen LogP contribution in [0.25, 0.3) is 0 Å². The molecule has 0 spiro atoms. The maximum absolute atomic E-state index is 11.4. The summed E-state index contributed by atoms with van der Waals surface area (Å²) < 4.78 is 0. The van der Waals surface area contributed by atoms with E-state index < -0.39 is 11.0 Å². The summed E-state index contributed by atoms with van der Waals surface area (Å²) in [6, 6.07) is 8.70. The van der Waals surface area contributed by atoms with Crippen molar-refractivity contribution in [1.29, 1.82) is 0 Å². The standard InChI is InChI=1S/C12H13NO3/c14-12-7-6-10(8-11(12)13(15)16)9-4-2-1-3-5-9/h1-5,10-11H,6-8H2. The van der Waals surface area contributed by atoms with Crippen LogP contribution >= 0.6 is 0 Å². The summed E-state index contributed by atoms with van der Waals surface area (Å²) in [7, 11) is 0. The highest BCUT2D eigenvalue weighted by molar-refractivity contribution is 5.83. The summed E-state index contributed by atoms with van der Waals surface area (Å²) >= 11 is 0. The fourth-order valence-corrected chi connectivity index (χ4v) is 2.23. The van der Waals surface area contributed by atoms with E-state index in [1.165, 1.54) is 0 Å². The SMILES string of the molecule is O=C1CCC(c2ccccc2)CC1[N+](=O)[O-]. The Morgan fingerprint density at radius 2 is 1.94 bits per heavy atom. The maximum atomic E-state index is 11.4. The molecule has 1 aliphatic carbocycles. The van der Waals surface area contributed by atoms with Crippen LogP contribution in [-0.4, -0.2) is 16.7 Å². The largest absolute Gasteiger partial charge is 0.292 e. The van der Waals surface area contributed by atoms with E-state index >= 15 is 0 Å². The molecule has 0 aliphatic heterocycles.